The van der Waals surface area contributed by atoms with Gasteiger partial charge in [0.2, 0.25) is 0 Å². The second-order valence-corrected chi connectivity index (χ2v) is 3.89. The van der Waals surface area contributed by atoms with Crippen molar-refractivity contribution in [2.24, 2.45) is 4.99 Å². The summed E-state index contributed by atoms with van der Waals surface area (Å²) in [5.74, 6) is -0.305. The minimum Gasteiger partial charge on any atom is -0.382 e. The highest BCUT2D eigenvalue weighted by Crippen LogP contribution is 2.24. The molecule has 0 saturated heterocycles. The van der Waals surface area contributed by atoms with Crippen molar-refractivity contribution in [1.29, 1.82) is 0 Å². The van der Waals surface area contributed by atoms with Gasteiger partial charge in [-0.25, -0.2) is 4.39 Å². The monoisotopic (exact) mass is 231 g/mol. The lowest BCUT2D eigenvalue weighted by Crippen LogP contribution is -2.11. The van der Waals surface area contributed by atoms with Crippen molar-refractivity contribution < 1.29 is 9.50 Å². The van der Waals surface area contributed by atoms with Crippen molar-refractivity contribution in [2.45, 2.75) is 19.4 Å². The summed E-state index contributed by atoms with van der Waals surface area (Å²) in [6, 6.07) is 4.38. The average Bonchev–Trinajstić information content (AvgIpc) is 2.82. The number of aliphatic hydroxyl groups excluding tert-OH is 1. The molecule has 0 aliphatic carbocycles. The van der Waals surface area contributed by atoms with E-state index in [4.69, 9.17) is 0 Å². The average molecular weight is 231 g/mol. The Bertz CT molecular complexity index is 503. The van der Waals surface area contributed by atoms with Crippen LogP contribution in [0.25, 0.3) is 6.08 Å². The molecule has 0 spiro atoms. The highest BCUT2D eigenvalue weighted by molar-refractivity contribution is 5.93. The number of hydrogen-bond donors (Lipinski definition) is 1. The zero-order valence-corrected chi connectivity index (χ0v) is 9.60. The van der Waals surface area contributed by atoms with E-state index in [1.165, 1.54) is 12.1 Å². The molecule has 0 saturated carbocycles. The lowest BCUT2D eigenvalue weighted by molar-refractivity contribution is 0.246. The molecule has 2 rings (SSSR count). The topological polar surface area (TPSA) is 32.6 Å². The van der Waals surface area contributed by atoms with Crippen LogP contribution in [0.4, 0.5) is 4.39 Å². The van der Waals surface area contributed by atoms with E-state index in [1.54, 1.807) is 18.3 Å². The molecule has 3 heteroatoms. The smallest absolute Gasteiger partial charge is 0.123 e. The maximum Gasteiger partial charge on any atom is 0.123 e. The van der Waals surface area contributed by atoms with Crippen LogP contribution in [0, 0.1) is 5.82 Å². The van der Waals surface area contributed by atoms with Crippen LogP contribution >= 0.6 is 0 Å². The zero-order valence-electron chi connectivity index (χ0n) is 9.60. The van der Waals surface area contributed by atoms with E-state index in [1.807, 2.05) is 19.1 Å². The first kappa shape index (κ1) is 11.7. The molecule has 1 unspecified atom stereocenters. The number of hydrogen-bond acceptors (Lipinski definition) is 2. The number of allylic oxidation sites excluding steroid dienone is 2. The first-order valence-electron chi connectivity index (χ1n) is 5.54. The fourth-order valence-electron chi connectivity index (χ4n) is 1.85. The standard InChI is InChI=1S/C14H14FNO/c1-2-4-10-9-11(15)6-7-12(10)14(17)13-5-3-8-16-13/h2-4,6-9,14,17H,5H2,1H3/b4-2-. The molecule has 17 heavy (non-hydrogen) atoms. The first-order chi connectivity index (χ1) is 8.22. The highest BCUT2D eigenvalue weighted by atomic mass is 19.1. The quantitative estimate of drug-likeness (QED) is 0.851. The Balaban J connectivity index is 2.37. The van der Waals surface area contributed by atoms with Gasteiger partial charge in [-0.05, 0) is 30.2 Å². The van der Waals surface area contributed by atoms with Crippen LogP contribution in [0.15, 0.2) is 41.5 Å². The van der Waals surface area contributed by atoms with Gasteiger partial charge in [0.05, 0.1) is 5.71 Å². The number of benzene rings is 1. The minimum absolute atomic E-state index is 0.305. The summed E-state index contributed by atoms with van der Waals surface area (Å²) < 4.78 is 13.2. The number of aliphatic hydroxyl groups is 1. The normalized spacial score (nSPS) is 16.5. The largest absolute Gasteiger partial charge is 0.382 e. The Labute approximate surface area is 99.8 Å². The molecule has 1 aromatic carbocycles. The van der Waals surface area contributed by atoms with Gasteiger partial charge in [0.25, 0.3) is 0 Å². The van der Waals surface area contributed by atoms with Crippen molar-refractivity contribution in [3.63, 3.8) is 0 Å². The summed E-state index contributed by atoms with van der Waals surface area (Å²) in [4.78, 5) is 4.10. The molecule has 1 atom stereocenters. The van der Waals surface area contributed by atoms with E-state index in [-0.39, 0.29) is 5.82 Å². The summed E-state index contributed by atoms with van der Waals surface area (Å²) in [7, 11) is 0. The fourth-order valence-corrected chi connectivity index (χ4v) is 1.85. The first-order valence-corrected chi connectivity index (χ1v) is 5.54. The summed E-state index contributed by atoms with van der Waals surface area (Å²) in [5, 5.41) is 10.2. The van der Waals surface area contributed by atoms with Crippen molar-refractivity contribution in [3.8, 4) is 0 Å². The maximum atomic E-state index is 13.2. The zero-order chi connectivity index (χ0) is 12.3. The van der Waals surface area contributed by atoms with Gasteiger partial charge in [-0.1, -0.05) is 24.3 Å². The van der Waals surface area contributed by atoms with E-state index in [9.17, 15) is 9.50 Å². The van der Waals surface area contributed by atoms with Crippen molar-refractivity contribution in [2.75, 3.05) is 0 Å². The van der Waals surface area contributed by atoms with Crippen molar-refractivity contribution in [3.05, 3.63) is 53.5 Å². The summed E-state index contributed by atoms with van der Waals surface area (Å²) in [6.45, 7) is 1.86. The maximum absolute atomic E-state index is 13.2. The molecule has 0 aromatic heterocycles. The van der Waals surface area contributed by atoms with Gasteiger partial charge < -0.3 is 5.11 Å². The molecule has 1 aromatic rings. The summed E-state index contributed by atoms with van der Waals surface area (Å²) in [5.41, 5.74) is 2.07. The van der Waals surface area contributed by atoms with Gasteiger partial charge in [0.1, 0.15) is 11.9 Å². The van der Waals surface area contributed by atoms with Gasteiger partial charge in [0, 0.05) is 12.6 Å². The predicted octanol–water partition coefficient (Wildman–Crippen LogP) is 3.25. The lowest BCUT2D eigenvalue weighted by Gasteiger charge is -2.14. The van der Waals surface area contributed by atoms with Crippen molar-refractivity contribution in [1.82, 2.24) is 0 Å². The van der Waals surface area contributed by atoms with Crippen LogP contribution in [0.3, 0.4) is 0 Å². The molecular formula is C14H14FNO. The Morgan fingerprint density at radius 2 is 2.29 bits per heavy atom. The van der Waals surface area contributed by atoms with Gasteiger partial charge >= 0.3 is 0 Å². The van der Waals surface area contributed by atoms with Crippen LogP contribution < -0.4 is 0 Å². The molecule has 0 radical (unpaired) electrons. The molecule has 1 heterocycles. The third-order valence-electron chi connectivity index (χ3n) is 2.68. The number of rotatable bonds is 3. The molecule has 0 amide bonds. The van der Waals surface area contributed by atoms with Crippen molar-refractivity contribution >= 4 is 11.8 Å². The number of nitrogens with zero attached hydrogens (tertiary/aromatic N) is 1. The molecule has 0 fully saturated rings. The Kier molecular flexibility index (Phi) is 3.49. The Morgan fingerprint density at radius 1 is 1.47 bits per heavy atom. The fraction of sp³-hybridized carbons (Fsp3) is 0.214. The molecular weight excluding hydrogens is 217 g/mol. The lowest BCUT2D eigenvalue weighted by atomic mass is 9.97. The van der Waals surface area contributed by atoms with E-state index in [0.29, 0.717) is 23.3 Å². The van der Waals surface area contributed by atoms with Crippen LogP contribution in [-0.4, -0.2) is 10.8 Å². The van der Waals surface area contributed by atoms with E-state index in [2.05, 4.69) is 4.99 Å². The Morgan fingerprint density at radius 3 is 2.94 bits per heavy atom. The molecule has 88 valence electrons. The third kappa shape index (κ3) is 2.50. The van der Waals surface area contributed by atoms with Gasteiger partial charge in [-0.15, -0.1) is 0 Å². The van der Waals surface area contributed by atoms with Crippen LogP contribution in [0.1, 0.15) is 30.6 Å². The van der Waals surface area contributed by atoms with Crippen LogP contribution in [0.2, 0.25) is 0 Å². The SMILES string of the molecule is C/C=C\c1cc(F)ccc1C(O)C1=NC=CC1. The van der Waals surface area contributed by atoms with E-state index < -0.39 is 6.10 Å². The van der Waals surface area contributed by atoms with E-state index in [0.717, 1.165) is 0 Å². The number of halogens is 1. The predicted molar refractivity (Wildman–Crippen MR) is 67.3 cm³/mol. The molecule has 1 aliphatic rings. The highest BCUT2D eigenvalue weighted by Gasteiger charge is 2.18. The van der Waals surface area contributed by atoms with E-state index >= 15 is 0 Å². The summed E-state index contributed by atoms with van der Waals surface area (Å²) >= 11 is 0. The molecule has 1 aliphatic heterocycles. The molecule has 2 nitrogen and oxygen atoms in total. The minimum atomic E-state index is -0.767. The van der Waals surface area contributed by atoms with Crippen LogP contribution in [-0.2, 0) is 0 Å². The molecule has 1 N–H and O–H groups in total. The van der Waals surface area contributed by atoms with Gasteiger partial charge in [-0.2, -0.15) is 0 Å². The number of aliphatic imine (C=N–C) groups is 1. The van der Waals surface area contributed by atoms with Crippen LogP contribution in [0.5, 0.6) is 0 Å². The third-order valence-corrected chi connectivity index (χ3v) is 2.68. The van der Waals surface area contributed by atoms with Gasteiger partial charge in [-0.3, -0.25) is 4.99 Å². The van der Waals surface area contributed by atoms with Gasteiger partial charge in [0.15, 0.2) is 0 Å². The molecule has 0 bridgehead atoms. The Hall–Kier alpha value is -1.74. The second kappa shape index (κ2) is 5.06. The second-order valence-electron chi connectivity index (χ2n) is 3.89. The summed E-state index contributed by atoms with van der Waals surface area (Å²) in [6.07, 6.45) is 7.05.